The lowest BCUT2D eigenvalue weighted by Crippen LogP contribution is -2.27. The van der Waals surface area contributed by atoms with Crippen LogP contribution in [-0.4, -0.2) is 15.9 Å². The highest BCUT2D eigenvalue weighted by Crippen LogP contribution is 2.30. The molecule has 0 aliphatic carbocycles. The van der Waals surface area contributed by atoms with Crippen molar-refractivity contribution in [3.8, 4) is 11.3 Å². The number of alkyl halides is 3. The van der Waals surface area contributed by atoms with Gasteiger partial charge in [-0.25, -0.2) is 9.97 Å². The first-order valence-electron chi connectivity index (χ1n) is 9.62. The van der Waals surface area contributed by atoms with Gasteiger partial charge in [-0.05, 0) is 42.8 Å². The molecule has 4 nitrogen and oxygen atoms in total. The molecule has 4 aromatic rings. The highest BCUT2D eigenvalue weighted by atomic mass is 19.4. The van der Waals surface area contributed by atoms with Crippen molar-refractivity contribution in [2.75, 3.05) is 0 Å². The van der Waals surface area contributed by atoms with E-state index in [0.717, 1.165) is 17.7 Å². The molecule has 1 N–H and O–H groups in total. The first kappa shape index (κ1) is 20.5. The zero-order valence-electron chi connectivity index (χ0n) is 16.5. The Balaban J connectivity index is 1.65. The minimum absolute atomic E-state index is 0.357. The van der Waals surface area contributed by atoms with Gasteiger partial charge in [0.05, 0.1) is 22.9 Å². The van der Waals surface area contributed by atoms with Gasteiger partial charge in [-0.2, -0.15) is 13.2 Å². The first-order chi connectivity index (χ1) is 14.8. The van der Waals surface area contributed by atoms with Gasteiger partial charge in [-0.15, -0.1) is 0 Å². The summed E-state index contributed by atoms with van der Waals surface area (Å²) in [5, 5.41) is 3.46. The molecule has 4 rings (SSSR count). The summed E-state index contributed by atoms with van der Waals surface area (Å²) in [6.07, 6.45) is -2.79. The molecule has 0 aliphatic heterocycles. The number of nitrogens with zero attached hydrogens (tertiary/aromatic N) is 2. The van der Waals surface area contributed by atoms with Crippen molar-refractivity contribution >= 4 is 16.9 Å². The number of benzene rings is 2. The number of rotatable bonds is 4. The van der Waals surface area contributed by atoms with E-state index >= 15 is 0 Å². The zero-order chi connectivity index (χ0) is 22.0. The quantitative estimate of drug-likeness (QED) is 0.453. The SMILES string of the molecule is CC(NC(=O)c1cc(-c2ccccc2)nc2ncccc12)c1ccc(C(F)(F)F)cc1. The molecule has 2 aromatic carbocycles. The molecule has 1 atom stereocenters. The van der Waals surface area contributed by atoms with E-state index in [-0.39, 0.29) is 5.91 Å². The van der Waals surface area contributed by atoms with Crippen molar-refractivity contribution < 1.29 is 18.0 Å². The number of hydrogen-bond acceptors (Lipinski definition) is 3. The van der Waals surface area contributed by atoms with Gasteiger partial charge in [0.1, 0.15) is 0 Å². The van der Waals surface area contributed by atoms with E-state index in [1.165, 1.54) is 12.1 Å². The first-order valence-corrected chi connectivity index (χ1v) is 9.62. The molecular weight excluding hydrogens is 403 g/mol. The summed E-state index contributed by atoms with van der Waals surface area (Å²) >= 11 is 0. The van der Waals surface area contributed by atoms with Crippen LogP contribution in [0, 0.1) is 0 Å². The number of amides is 1. The number of halogens is 3. The van der Waals surface area contributed by atoms with Gasteiger partial charge in [0.25, 0.3) is 5.91 Å². The molecule has 1 unspecified atom stereocenters. The van der Waals surface area contributed by atoms with Crippen molar-refractivity contribution in [3.63, 3.8) is 0 Å². The van der Waals surface area contributed by atoms with Gasteiger partial charge in [-0.1, -0.05) is 42.5 Å². The van der Waals surface area contributed by atoms with Crippen LogP contribution in [-0.2, 0) is 6.18 Å². The number of fused-ring (bicyclic) bond motifs is 1. The normalized spacial score (nSPS) is 12.5. The smallest absolute Gasteiger partial charge is 0.345 e. The Morgan fingerprint density at radius 3 is 2.35 bits per heavy atom. The molecule has 0 bridgehead atoms. The lowest BCUT2D eigenvalue weighted by molar-refractivity contribution is -0.137. The minimum Gasteiger partial charge on any atom is -0.345 e. The molecule has 0 aliphatic rings. The van der Waals surface area contributed by atoms with E-state index in [4.69, 9.17) is 0 Å². The lowest BCUT2D eigenvalue weighted by atomic mass is 10.0. The molecule has 31 heavy (non-hydrogen) atoms. The second-order valence-electron chi connectivity index (χ2n) is 7.11. The van der Waals surface area contributed by atoms with E-state index in [2.05, 4.69) is 15.3 Å². The highest BCUT2D eigenvalue weighted by Gasteiger charge is 2.30. The number of aromatic nitrogens is 2. The van der Waals surface area contributed by atoms with Crippen LogP contribution in [0.4, 0.5) is 13.2 Å². The molecule has 156 valence electrons. The average molecular weight is 421 g/mol. The van der Waals surface area contributed by atoms with Gasteiger partial charge in [-0.3, -0.25) is 4.79 Å². The van der Waals surface area contributed by atoms with Crippen LogP contribution in [0.25, 0.3) is 22.3 Å². The van der Waals surface area contributed by atoms with E-state index in [0.29, 0.717) is 27.9 Å². The fraction of sp³-hybridized carbons (Fsp3) is 0.125. The summed E-state index contributed by atoms with van der Waals surface area (Å²) in [6.45, 7) is 1.72. The summed E-state index contributed by atoms with van der Waals surface area (Å²) in [6, 6.07) is 18.9. The number of hydrogen-bond donors (Lipinski definition) is 1. The molecular formula is C24H18F3N3O. The predicted molar refractivity (Wildman–Crippen MR) is 112 cm³/mol. The van der Waals surface area contributed by atoms with Gasteiger partial charge >= 0.3 is 6.18 Å². The van der Waals surface area contributed by atoms with Crippen LogP contribution in [0.2, 0.25) is 0 Å². The van der Waals surface area contributed by atoms with Crippen LogP contribution in [0.1, 0.15) is 34.5 Å². The third kappa shape index (κ3) is 4.40. The van der Waals surface area contributed by atoms with Gasteiger partial charge in [0.2, 0.25) is 0 Å². The monoisotopic (exact) mass is 421 g/mol. The number of pyridine rings is 2. The molecule has 0 saturated carbocycles. The second-order valence-corrected chi connectivity index (χ2v) is 7.11. The summed E-state index contributed by atoms with van der Waals surface area (Å²) < 4.78 is 38.4. The maximum Gasteiger partial charge on any atom is 0.416 e. The average Bonchev–Trinajstić information content (AvgIpc) is 2.78. The van der Waals surface area contributed by atoms with Gasteiger partial charge < -0.3 is 5.32 Å². The lowest BCUT2D eigenvalue weighted by Gasteiger charge is -2.17. The van der Waals surface area contributed by atoms with Crippen LogP contribution in [0.3, 0.4) is 0 Å². The number of nitrogens with one attached hydrogen (secondary N) is 1. The van der Waals surface area contributed by atoms with Crippen molar-refractivity contribution in [2.45, 2.75) is 19.1 Å². The number of carbonyl (C=O) groups is 1. The van der Waals surface area contributed by atoms with E-state index in [1.54, 1.807) is 31.3 Å². The Labute approximate surface area is 176 Å². The van der Waals surface area contributed by atoms with E-state index in [9.17, 15) is 18.0 Å². The molecule has 0 fully saturated rings. The summed E-state index contributed by atoms with van der Waals surface area (Å²) in [5.41, 5.74) is 2.14. The summed E-state index contributed by atoms with van der Waals surface area (Å²) in [7, 11) is 0. The molecule has 7 heteroatoms. The molecule has 0 radical (unpaired) electrons. The Kier molecular flexibility index (Phi) is 5.42. The fourth-order valence-electron chi connectivity index (χ4n) is 3.32. The maximum atomic E-state index is 13.1. The Morgan fingerprint density at radius 1 is 0.968 bits per heavy atom. The van der Waals surface area contributed by atoms with Crippen molar-refractivity contribution in [1.29, 1.82) is 0 Å². The topological polar surface area (TPSA) is 54.9 Å². The molecule has 2 heterocycles. The van der Waals surface area contributed by atoms with Crippen molar-refractivity contribution in [1.82, 2.24) is 15.3 Å². The Morgan fingerprint density at radius 2 is 1.68 bits per heavy atom. The van der Waals surface area contributed by atoms with Crippen LogP contribution in [0.15, 0.2) is 79.0 Å². The largest absolute Gasteiger partial charge is 0.416 e. The second kappa shape index (κ2) is 8.18. The Hall–Kier alpha value is -3.74. The highest BCUT2D eigenvalue weighted by molar-refractivity contribution is 6.06. The van der Waals surface area contributed by atoms with Gasteiger partial charge in [0.15, 0.2) is 5.65 Å². The minimum atomic E-state index is -4.40. The van der Waals surface area contributed by atoms with E-state index in [1.807, 2.05) is 30.3 Å². The molecule has 0 spiro atoms. The van der Waals surface area contributed by atoms with Gasteiger partial charge in [0, 0.05) is 17.1 Å². The molecule has 0 saturated heterocycles. The fourth-order valence-corrected chi connectivity index (χ4v) is 3.32. The van der Waals surface area contributed by atoms with Crippen molar-refractivity contribution in [3.05, 3.63) is 95.7 Å². The summed E-state index contributed by atoms with van der Waals surface area (Å²) in [5.74, 6) is -0.357. The van der Waals surface area contributed by atoms with Crippen LogP contribution < -0.4 is 5.32 Å². The summed E-state index contributed by atoms with van der Waals surface area (Å²) in [4.78, 5) is 21.9. The molecule has 1 amide bonds. The number of carbonyl (C=O) groups excluding carboxylic acids is 1. The zero-order valence-corrected chi connectivity index (χ0v) is 16.5. The maximum absolute atomic E-state index is 13.1. The van der Waals surface area contributed by atoms with Crippen molar-refractivity contribution in [2.24, 2.45) is 0 Å². The van der Waals surface area contributed by atoms with E-state index < -0.39 is 17.8 Å². The van der Waals surface area contributed by atoms with Crippen LogP contribution >= 0.6 is 0 Å². The predicted octanol–water partition coefficient (Wildman–Crippen LogP) is 5.81. The standard InChI is InChI=1S/C24H18F3N3O/c1-15(16-9-11-18(12-10-16)24(25,26)27)29-23(31)20-14-21(17-6-3-2-4-7-17)30-22-19(20)8-5-13-28-22/h2-15H,1H3,(H,29,31). The third-order valence-electron chi connectivity index (χ3n) is 4.98. The molecule has 2 aromatic heterocycles. The van der Waals surface area contributed by atoms with Crippen LogP contribution in [0.5, 0.6) is 0 Å². The third-order valence-corrected chi connectivity index (χ3v) is 4.98. The Bertz CT molecular complexity index is 1220.